The number of Topliss-reactive ketones (excluding diaryl/α,β-unsaturated/α-hetero) is 1. The van der Waals surface area contributed by atoms with Gasteiger partial charge in [0, 0.05) is 19.5 Å². The molecule has 0 radical (unpaired) electrons. The van der Waals surface area contributed by atoms with Gasteiger partial charge in [-0.25, -0.2) is 0 Å². The number of carbonyl (C=O) groups excluding carboxylic acids is 2. The second kappa shape index (κ2) is 8.09. The summed E-state index contributed by atoms with van der Waals surface area (Å²) in [7, 11) is 1.73. The molecule has 4 nitrogen and oxygen atoms in total. The SMILES string of the molecule is CN(C(=O)[C@H](C#N)C(=O)CCc1ccsc1)C1CCCCC1. The van der Waals surface area contributed by atoms with Crippen LogP contribution in [0.4, 0.5) is 0 Å². The Morgan fingerprint density at radius 2 is 2.14 bits per heavy atom. The molecule has 1 aliphatic carbocycles. The number of thiophene rings is 1. The molecule has 1 saturated carbocycles. The summed E-state index contributed by atoms with van der Waals surface area (Å²) >= 11 is 1.58. The number of aryl methyl sites for hydroxylation is 1. The highest BCUT2D eigenvalue weighted by molar-refractivity contribution is 7.07. The number of carbonyl (C=O) groups is 2. The minimum atomic E-state index is -1.15. The zero-order valence-corrected chi connectivity index (χ0v) is 13.8. The molecule has 1 atom stereocenters. The van der Waals surface area contributed by atoms with Gasteiger partial charge in [-0.3, -0.25) is 9.59 Å². The molecule has 0 aliphatic heterocycles. The number of amides is 1. The lowest BCUT2D eigenvalue weighted by Gasteiger charge is -2.32. The molecule has 22 heavy (non-hydrogen) atoms. The van der Waals surface area contributed by atoms with Crippen molar-refractivity contribution in [2.24, 2.45) is 5.92 Å². The lowest BCUT2D eigenvalue weighted by Crippen LogP contribution is -2.43. The van der Waals surface area contributed by atoms with E-state index in [0.29, 0.717) is 6.42 Å². The molecule has 1 aliphatic rings. The first kappa shape index (κ1) is 16.7. The third-order valence-electron chi connectivity index (χ3n) is 4.41. The first-order valence-electron chi connectivity index (χ1n) is 7.83. The fourth-order valence-corrected chi connectivity index (χ4v) is 3.67. The Labute approximate surface area is 135 Å². The number of rotatable bonds is 6. The van der Waals surface area contributed by atoms with Crippen LogP contribution in [0.5, 0.6) is 0 Å². The molecule has 1 fully saturated rings. The van der Waals surface area contributed by atoms with Crippen molar-refractivity contribution in [3.05, 3.63) is 22.4 Å². The summed E-state index contributed by atoms with van der Waals surface area (Å²) < 4.78 is 0. The molecular weight excluding hydrogens is 296 g/mol. The fraction of sp³-hybridized carbons (Fsp3) is 0.588. The second-order valence-corrected chi connectivity index (χ2v) is 6.68. The van der Waals surface area contributed by atoms with Gasteiger partial charge >= 0.3 is 0 Å². The van der Waals surface area contributed by atoms with Crippen LogP contribution in [0.2, 0.25) is 0 Å². The van der Waals surface area contributed by atoms with Crippen molar-refractivity contribution in [2.45, 2.75) is 51.0 Å². The van der Waals surface area contributed by atoms with Crippen LogP contribution in [0, 0.1) is 17.2 Å². The average Bonchev–Trinajstić information content (AvgIpc) is 3.07. The third-order valence-corrected chi connectivity index (χ3v) is 5.14. The van der Waals surface area contributed by atoms with Crippen molar-refractivity contribution in [2.75, 3.05) is 7.05 Å². The molecular formula is C17H22N2O2S. The maximum atomic E-state index is 12.5. The van der Waals surface area contributed by atoms with E-state index in [1.54, 1.807) is 23.3 Å². The number of nitrogens with zero attached hydrogens (tertiary/aromatic N) is 2. The minimum absolute atomic E-state index is 0.182. The number of nitriles is 1. The Morgan fingerprint density at radius 3 is 2.73 bits per heavy atom. The summed E-state index contributed by atoms with van der Waals surface area (Å²) in [5, 5.41) is 13.2. The summed E-state index contributed by atoms with van der Waals surface area (Å²) in [6, 6.07) is 4.06. The van der Waals surface area contributed by atoms with Crippen LogP contribution in [-0.2, 0) is 16.0 Å². The van der Waals surface area contributed by atoms with E-state index >= 15 is 0 Å². The van der Waals surface area contributed by atoms with Crippen LogP contribution in [0.3, 0.4) is 0 Å². The second-order valence-electron chi connectivity index (χ2n) is 5.90. The largest absolute Gasteiger partial charge is 0.341 e. The fourth-order valence-electron chi connectivity index (χ4n) is 2.96. The van der Waals surface area contributed by atoms with Gasteiger partial charge in [0.25, 0.3) is 0 Å². The Kier molecular flexibility index (Phi) is 6.14. The Bertz CT molecular complexity index is 542. The highest BCUT2D eigenvalue weighted by Gasteiger charge is 2.32. The molecule has 1 aromatic heterocycles. The van der Waals surface area contributed by atoms with Gasteiger partial charge in [0.2, 0.25) is 5.91 Å². The summed E-state index contributed by atoms with van der Waals surface area (Å²) in [5.41, 5.74) is 1.09. The normalized spacial score (nSPS) is 16.7. The summed E-state index contributed by atoms with van der Waals surface area (Å²) in [5.74, 6) is -1.74. The van der Waals surface area contributed by atoms with Crippen molar-refractivity contribution in [3.8, 4) is 6.07 Å². The number of hydrogen-bond donors (Lipinski definition) is 0. The van der Waals surface area contributed by atoms with Crippen molar-refractivity contribution in [1.82, 2.24) is 4.90 Å². The first-order chi connectivity index (χ1) is 10.6. The van der Waals surface area contributed by atoms with Crippen LogP contribution in [-0.4, -0.2) is 29.7 Å². The highest BCUT2D eigenvalue weighted by atomic mass is 32.1. The van der Waals surface area contributed by atoms with Crippen LogP contribution in [0.15, 0.2) is 16.8 Å². The van der Waals surface area contributed by atoms with E-state index < -0.39 is 5.92 Å². The summed E-state index contributed by atoms with van der Waals surface area (Å²) in [4.78, 5) is 26.3. The number of ketones is 1. The van der Waals surface area contributed by atoms with E-state index in [2.05, 4.69) is 0 Å². The van der Waals surface area contributed by atoms with E-state index in [9.17, 15) is 14.9 Å². The molecule has 0 bridgehead atoms. The molecule has 0 spiro atoms. The summed E-state index contributed by atoms with van der Waals surface area (Å²) in [6.45, 7) is 0. The van der Waals surface area contributed by atoms with Crippen LogP contribution >= 0.6 is 11.3 Å². The van der Waals surface area contributed by atoms with E-state index in [4.69, 9.17) is 0 Å². The monoisotopic (exact) mass is 318 g/mol. The zero-order valence-electron chi connectivity index (χ0n) is 13.0. The van der Waals surface area contributed by atoms with Gasteiger partial charge in [0.1, 0.15) is 0 Å². The van der Waals surface area contributed by atoms with Crippen LogP contribution in [0.1, 0.15) is 44.1 Å². The van der Waals surface area contributed by atoms with E-state index in [-0.39, 0.29) is 24.2 Å². The van der Waals surface area contributed by atoms with E-state index in [1.165, 1.54) is 6.42 Å². The third kappa shape index (κ3) is 4.17. The lowest BCUT2D eigenvalue weighted by molar-refractivity contribution is -0.140. The molecule has 5 heteroatoms. The molecule has 1 aromatic rings. The van der Waals surface area contributed by atoms with Gasteiger partial charge in [-0.15, -0.1) is 0 Å². The van der Waals surface area contributed by atoms with Crippen molar-refractivity contribution >= 4 is 23.0 Å². The number of hydrogen-bond acceptors (Lipinski definition) is 4. The maximum absolute atomic E-state index is 12.5. The smallest absolute Gasteiger partial charge is 0.247 e. The van der Waals surface area contributed by atoms with Gasteiger partial charge < -0.3 is 4.90 Å². The predicted molar refractivity (Wildman–Crippen MR) is 86.4 cm³/mol. The van der Waals surface area contributed by atoms with E-state index in [1.807, 2.05) is 22.9 Å². The van der Waals surface area contributed by atoms with Gasteiger partial charge in [0.05, 0.1) is 6.07 Å². The average molecular weight is 318 g/mol. The van der Waals surface area contributed by atoms with Gasteiger partial charge in [-0.05, 0) is 41.7 Å². The standard InChI is InChI=1S/C17H22N2O2S/c1-19(14-5-3-2-4-6-14)17(21)15(11-18)16(20)8-7-13-9-10-22-12-13/h9-10,12,14-15H,2-8H2,1H3/t15-/m1/s1. The van der Waals surface area contributed by atoms with Crippen molar-refractivity contribution in [3.63, 3.8) is 0 Å². The molecule has 2 rings (SSSR count). The van der Waals surface area contributed by atoms with Crippen LogP contribution in [0.25, 0.3) is 0 Å². The zero-order chi connectivity index (χ0) is 15.9. The molecule has 118 valence electrons. The molecule has 0 N–H and O–H groups in total. The Balaban J connectivity index is 1.92. The Morgan fingerprint density at radius 1 is 1.41 bits per heavy atom. The maximum Gasteiger partial charge on any atom is 0.247 e. The molecule has 1 amide bonds. The van der Waals surface area contributed by atoms with E-state index in [0.717, 1.165) is 31.2 Å². The van der Waals surface area contributed by atoms with Crippen molar-refractivity contribution in [1.29, 1.82) is 5.26 Å². The van der Waals surface area contributed by atoms with Gasteiger partial charge in [0.15, 0.2) is 11.7 Å². The first-order valence-corrected chi connectivity index (χ1v) is 8.78. The van der Waals surface area contributed by atoms with Gasteiger partial charge in [-0.2, -0.15) is 16.6 Å². The molecule has 1 heterocycles. The topological polar surface area (TPSA) is 61.2 Å². The van der Waals surface area contributed by atoms with Crippen molar-refractivity contribution < 1.29 is 9.59 Å². The molecule has 0 saturated heterocycles. The minimum Gasteiger partial charge on any atom is -0.341 e. The molecule has 0 aromatic carbocycles. The van der Waals surface area contributed by atoms with Gasteiger partial charge in [-0.1, -0.05) is 19.3 Å². The molecule has 0 unspecified atom stereocenters. The van der Waals surface area contributed by atoms with Crippen LogP contribution < -0.4 is 0 Å². The Hall–Kier alpha value is -1.67. The quantitative estimate of drug-likeness (QED) is 0.757. The lowest BCUT2D eigenvalue weighted by atomic mass is 9.92. The highest BCUT2D eigenvalue weighted by Crippen LogP contribution is 2.23. The summed E-state index contributed by atoms with van der Waals surface area (Å²) in [6.07, 6.45) is 6.24. The predicted octanol–water partition coefficient (Wildman–Crippen LogP) is 3.18.